The van der Waals surface area contributed by atoms with E-state index in [1.165, 1.54) is 12.3 Å². The van der Waals surface area contributed by atoms with Crippen LogP contribution in [0.2, 0.25) is 0 Å². The van der Waals surface area contributed by atoms with Crippen LogP contribution in [-0.4, -0.2) is 32.4 Å². The van der Waals surface area contributed by atoms with Crippen LogP contribution in [-0.2, 0) is 21.4 Å². The molecule has 4 N–H and O–H groups in total. The molecule has 1 heterocycles. The van der Waals surface area contributed by atoms with Crippen molar-refractivity contribution in [3.05, 3.63) is 24.0 Å². The zero-order chi connectivity index (χ0) is 14.6. The van der Waals surface area contributed by atoms with Crippen LogP contribution in [0.4, 0.5) is 0 Å². The highest BCUT2D eigenvalue weighted by atomic mass is 32.2. The van der Waals surface area contributed by atoms with Crippen molar-refractivity contribution in [3.8, 4) is 0 Å². The highest BCUT2D eigenvalue weighted by Crippen LogP contribution is 2.28. The molecule has 0 spiro atoms. The Kier molecular flexibility index (Phi) is 4.69. The van der Waals surface area contributed by atoms with Gasteiger partial charge in [0.25, 0.3) is 0 Å². The molecule has 0 saturated heterocycles. The molecule has 20 heavy (non-hydrogen) atoms. The minimum Gasteiger partial charge on any atom is -0.355 e. The molecule has 1 fully saturated rings. The fourth-order valence-corrected chi connectivity index (χ4v) is 2.99. The average molecular weight is 298 g/mol. The molecule has 8 heteroatoms. The summed E-state index contributed by atoms with van der Waals surface area (Å²) in [5, 5.41) is 2.69. The lowest BCUT2D eigenvalue weighted by atomic mass is 10.3. The predicted octanol–water partition coefficient (Wildman–Crippen LogP) is -0.655. The van der Waals surface area contributed by atoms with Crippen LogP contribution in [0.25, 0.3) is 0 Å². The molecule has 0 aromatic carbocycles. The summed E-state index contributed by atoms with van der Waals surface area (Å²) < 4.78 is 26.6. The molecule has 7 nitrogen and oxygen atoms in total. The van der Waals surface area contributed by atoms with Crippen molar-refractivity contribution in [3.63, 3.8) is 0 Å². The second-order valence-corrected chi connectivity index (χ2v) is 6.35. The SMILES string of the molecule is NCc1ncccc1S(=O)(=O)NCCNC(=O)C1CC1. The first-order valence-electron chi connectivity index (χ1n) is 6.46. The first-order chi connectivity index (χ1) is 9.54. The van der Waals surface area contributed by atoms with Gasteiger partial charge >= 0.3 is 0 Å². The number of pyridine rings is 1. The summed E-state index contributed by atoms with van der Waals surface area (Å²) in [6.45, 7) is 0.460. The monoisotopic (exact) mass is 298 g/mol. The van der Waals surface area contributed by atoms with Gasteiger partial charge in [-0.05, 0) is 25.0 Å². The van der Waals surface area contributed by atoms with Crippen molar-refractivity contribution < 1.29 is 13.2 Å². The van der Waals surface area contributed by atoms with Gasteiger partial charge in [-0.3, -0.25) is 9.78 Å². The van der Waals surface area contributed by atoms with Gasteiger partial charge in [-0.1, -0.05) is 0 Å². The van der Waals surface area contributed by atoms with Crippen molar-refractivity contribution in [1.29, 1.82) is 0 Å². The van der Waals surface area contributed by atoms with Gasteiger partial charge in [-0.25, -0.2) is 13.1 Å². The van der Waals surface area contributed by atoms with Gasteiger partial charge in [0, 0.05) is 31.7 Å². The standard InChI is InChI=1S/C12H18N4O3S/c13-8-10-11(2-1-5-14-10)20(18,19)16-7-6-15-12(17)9-3-4-9/h1-2,5,9,16H,3-4,6-8,13H2,(H,15,17). The maximum Gasteiger partial charge on any atom is 0.242 e. The van der Waals surface area contributed by atoms with Gasteiger partial charge in [0.1, 0.15) is 4.90 Å². The summed E-state index contributed by atoms with van der Waals surface area (Å²) in [6.07, 6.45) is 3.34. The number of nitrogens with one attached hydrogen (secondary N) is 2. The molecule has 2 rings (SSSR count). The topological polar surface area (TPSA) is 114 Å². The number of rotatable bonds is 7. The Morgan fingerprint density at radius 3 is 2.80 bits per heavy atom. The van der Waals surface area contributed by atoms with Crippen LogP contribution < -0.4 is 15.8 Å². The minimum absolute atomic E-state index is 0.00628. The van der Waals surface area contributed by atoms with E-state index in [-0.39, 0.29) is 36.4 Å². The number of hydrogen-bond donors (Lipinski definition) is 3. The lowest BCUT2D eigenvalue weighted by Crippen LogP contribution is -2.35. The zero-order valence-corrected chi connectivity index (χ0v) is 11.8. The van der Waals surface area contributed by atoms with E-state index in [1.807, 2.05) is 0 Å². The van der Waals surface area contributed by atoms with Crippen LogP contribution in [0, 0.1) is 5.92 Å². The Labute approximate surface area is 118 Å². The Bertz CT molecular complexity index is 584. The van der Waals surface area contributed by atoms with E-state index < -0.39 is 10.0 Å². The van der Waals surface area contributed by atoms with Crippen LogP contribution in [0.15, 0.2) is 23.2 Å². The third-order valence-corrected chi connectivity index (χ3v) is 4.53. The zero-order valence-electron chi connectivity index (χ0n) is 11.0. The average Bonchev–Trinajstić information content (AvgIpc) is 3.28. The van der Waals surface area contributed by atoms with E-state index in [2.05, 4.69) is 15.0 Å². The molecule has 0 bridgehead atoms. The molecule has 0 radical (unpaired) electrons. The van der Waals surface area contributed by atoms with Crippen molar-refractivity contribution >= 4 is 15.9 Å². The molecule has 1 aromatic rings. The number of nitrogens with two attached hydrogens (primary N) is 1. The van der Waals surface area contributed by atoms with Gasteiger partial charge in [-0.2, -0.15) is 0 Å². The summed E-state index contributed by atoms with van der Waals surface area (Å²) in [5.74, 6) is 0.113. The van der Waals surface area contributed by atoms with Gasteiger partial charge < -0.3 is 11.1 Å². The maximum atomic E-state index is 12.1. The first kappa shape index (κ1) is 14.9. The van der Waals surface area contributed by atoms with Crippen molar-refractivity contribution in [2.75, 3.05) is 13.1 Å². The van der Waals surface area contributed by atoms with E-state index in [0.717, 1.165) is 12.8 Å². The van der Waals surface area contributed by atoms with Crippen LogP contribution in [0.5, 0.6) is 0 Å². The van der Waals surface area contributed by atoms with Gasteiger partial charge in [0.05, 0.1) is 5.69 Å². The Morgan fingerprint density at radius 2 is 2.15 bits per heavy atom. The number of nitrogens with zero attached hydrogens (tertiary/aromatic N) is 1. The summed E-state index contributed by atoms with van der Waals surface area (Å²) in [4.78, 5) is 15.4. The number of carbonyl (C=O) groups excluding carboxylic acids is 1. The minimum atomic E-state index is -3.65. The fourth-order valence-electron chi connectivity index (χ4n) is 1.76. The molecule has 0 atom stereocenters. The molecule has 1 aliphatic carbocycles. The Morgan fingerprint density at radius 1 is 1.40 bits per heavy atom. The fraction of sp³-hybridized carbons (Fsp3) is 0.500. The van der Waals surface area contributed by atoms with E-state index in [9.17, 15) is 13.2 Å². The van der Waals surface area contributed by atoms with Crippen LogP contribution in [0.3, 0.4) is 0 Å². The molecule has 0 unspecified atom stereocenters. The summed E-state index contributed by atoms with van der Waals surface area (Å²) >= 11 is 0. The van der Waals surface area contributed by atoms with E-state index >= 15 is 0 Å². The van der Waals surface area contributed by atoms with Gasteiger partial charge in [0.2, 0.25) is 15.9 Å². The largest absolute Gasteiger partial charge is 0.355 e. The summed E-state index contributed by atoms with van der Waals surface area (Å²) in [5.41, 5.74) is 5.79. The van der Waals surface area contributed by atoms with Crippen LogP contribution >= 0.6 is 0 Å². The van der Waals surface area contributed by atoms with Crippen LogP contribution in [0.1, 0.15) is 18.5 Å². The highest BCUT2D eigenvalue weighted by molar-refractivity contribution is 7.89. The van der Waals surface area contributed by atoms with E-state index in [0.29, 0.717) is 5.69 Å². The first-order valence-corrected chi connectivity index (χ1v) is 7.94. The lowest BCUT2D eigenvalue weighted by Gasteiger charge is -2.10. The Hall–Kier alpha value is -1.51. The maximum absolute atomic E-state index is 12.1. The van der Waals surface area contributed by atoms with Crippen molar-refractivity contribution in [1.82, 2.24) is 15.0 Å². The van der Waals surface area contributed by atoms with E-state index in [1.54, 1.807) is 6.07 Å². The molecule has 1 aliphatic rings. The Balaban J connectivity index is 1.88. The number of hydrogen-bond acceptors (Lipinski definition) is 5. The number of amides is 1. The van der Waals surface area contributed by atoms with E-state index in [4.69, 9.17) is 5.73 Å². The second-order valence-electron chi connectivity index (χ2n) is 4.62. The molecular formula is C12H18N4O3S. The number of carbonyl (C=O) groups is 1. The molecule has 0 aliphatic heterocycles. The molecular weight excluding hydrogens is 280 g/mol. The smallest absolute Gasteiger partial charge is 0.242 e. The highest BCUT2D eigenvalue weighted by Gasteiger charge is 2.29. The number of aromatic nitrogens is 1. The summed E-state index contributed by atoms with van der Waals surface area (Å²) in [7, 11) is -3.65. The van der Waals surface area contributed by atoms with Crippen molar-refractivity contribution in [2.24, 2.45) is 11.7 Å². The number of sulfonamides is 1. The normalized spacial score (nSPS) is 15.1. The lowest BCUT2D eigenvalue weighted by molar-refractivity contribution is -0.122. The van der Waals surface area contributed by atoms with Crippen molar-refractivity contribution in [2.45, 2.75) is 24.3 Å². The molecule has 1 amide bonds. The summed E-state index contributed by atoms with van der Waals surface area (Å²) in [6, 6.07) is 3.00. The molecule has 1 saturated carbocycles. The molecule has 110 valence electrons. The third kappa shape index (κ3) is 3.75. The quantitative estimate of drug-likeness (QED) is 0.578. The van der Waals surface area contributed by atoms with Gasteiger partial charge in [-0.15, -0.1) is 0 Å². The second kappa shape index (κ2) is 6.29. The third-order valence-electron chi connectivity index (χ3n) is 3.00. The van der Waals surface area contributed by atoms with Gasteiger partial charge in [0.15, 0.2) is 0 Å². The molecule has 1 aromatic heterocycles. The predicted molar refractivity (Wildman–Crippen MR) is 73.1 cm³/mol.